The quantitative estimate of drug-likeness (QED) is 0.239. The molecule has 8 rings (SSSR count). The van der Waals surface area contributed by atoms with E-state index < -0.39 is 47.0 Å². The number of rotatable bonds is 7. The Kier molecular flexibility index (Phi) is 7.32. The van der Waals surface area contributed by atoms with Crippen LogP contribution in [-0.4, -0.2) is 87.9 Å². The summed E-state index contributed by atoms with van der Waals surface area (Å²) in [6, 6.07) is 14.0. The normalized spacial score (nSPS) is 25.1. The van der Waals surface area contributed by atoms with Crippen molar-refractivity contribution < 1.29 is 43.3 Å². The number of carbonyl (C=O) groups excluding carboxylic acids is 2. The number of methoxy groups -OCH3 is 1. The van der Waals surface area contributed by atoms with E-state index in [0.717, 1.165) is 11.1 Å². The number of hydrogen-bond donors (Lipinski definition) is 3. The molecule has 3 aliphatic carbocycles. The van der Waals surface area contributed by atoms with Crippen molar-refractivity contribution >= 4 is 28.1 Å². The Morgan fingerprint density at radius 2 is 1.80 bits per heavy atom. The lowest BCUT2D eigenvalue weighted by Crippen LogP contribution is -2.63. The second-order valence-electron chi connectivity index (χ2n) is 13.7. The van der Waals surface area contributed by atoms with Crippen LogP contribution in [0.1, 0.15) is 50.8 Å². The van der Waals surface area contributed by atoms with Gasteiger partial charge >= 0.3 is 0 Å². The van der Waals surface area contributed by atoms with Crippen molar-refractivity contribution in [1.29, 1.82) is 0 Å². The van der Waals surface area contributed by atoms with E-state index in [1.807, 2.05) is 47.4 Å². The maximum atomic E-state index is 14.6. The summed E-state index contributed by atoms with van der Waals surface area (Å²) in [4.78, 5) is 32.6. The fourth-order valence-electron chi connectivity index (χ4n) is 8.36. The fourth-order valence-corrected chi connectivity index (χ4v) is 8.36. The highest BCUT2D eigenvalue weighted by atomic mass is 19.1. The standard InChI is InChI=1S/C37H36FN3O8/c1-40(2)29-25-13-20-12-24-27(30(42)23-11-19(14-41-15-21(38)16-41)9-10-22(23)32(24)47-3)31(43)26(20)34(44)37(25,46)35(45)28-33(29)49-39-36(28)48-17-18-7-5-4-6-8-18/h4-11,20-21,25,29,42-43,46H,12-17H2,1-3H3/t20-,25-,29-,37-/m0/s1. The van der Waals surface area contributed by atoms with E-state index in [1.54, 1.807) is 25.1 Å². The van der Waals surface area contributed by atoms with Crippen LogP contribution in [0.25, 0.3) is 16.5 Å². The molecule has 2 fully saturated rings. The molecule has 1 saturated heterocycles. The molecule has 0 unspecified atom stereocenters. The van der Waals surface area contributed by atoms with Crippen LogP contribution in [-0.2, 0) is 24.4 Å². The Hall–Kier alpha value is -4.78. The molecule has 0 amide bonds. The number of aliphatic hydroxyl groups excluding tert-OH is 1. The summed E-state index contributed by atoms with van der Waals surface area (Å²) >= 11 is 0. The Morgan fingerprint density at radius 1 is 1.04 bits per heavy atom. The maximum Gasteiger partial charge on any atom is 0.265 e. The van der Waals surface area contributed by atoms with Gasteiger partial charge in [-0.15, -0.1) is 0 Å². The number of Topliss-reactive ketones (excluding diaryl/α,β-unsaturated/α-hetero) is 2. The first kappa shape index (κ1) is 31.5. The monoisotopic (exact) mass is 669 g/mol. The molecule has 4 aromatic rings. The fraction of sp³-hybridized carbons (Fsp3) is 0.378. The van der Waals surface area contributed by atoms with Gasteiger partial charge in [0.25, 0.3) is 5.88 Å². The molecule has 4 aliphatic rings. The van der Waals surface area contributed by atoms with E-state index in [4.69, 9.17) is 14.0 Å². The minimum atomic E-state index is -2.56. The number of aromatic nitrogens is 1. The van der Waals surface area contributed by atoms with E-state index >= 15 is 0 Å². The molecule has 3 aromatic carbocycles. The number of halogens is 1. The lowest BCUT2D eigenvalue weighted by molar-refractivity contribution is -0.142. The summed E-state index contributed by atoms with van der Waals surface area (Å²) in [6.07, 6.45) is -0.507. The minimum absolute atomic E-state index is 0.0286. The van der Waals surface area contributed by atoms with Gasteiger partial charge in [0.1, 0.15) is 35.6 Å². The first-order valence-corrected chi connectivity index (χ1v) is 16.3. The molecule has 12 heteroatoms. The van der Waals surface area contributed by atoms with Gasteiger partial charge in [0, 0.05) is 47.5 Å². The van der Waals surface area contributed by atoms with Crippen LogP contribution < -0.4 is 9.47 Å². The predicted octanol–water partition coefficient (Wildman–Crippen LogP) is 4.54. The van der Waals surface area contributed by atoms with Crippen molar-refractivity contribution in [2.45, 2.75) is 43.8 Å². The molecule has 11 nitrogen and oxygen atoms in total. The molecular weight excluding hydrogens is 633 g/mol. The van der Waals surface area contributed by atoms with E-state index in [-0.39, 0.29) is 53.5 Å². The Bertz CT molecular complexity index is 2050. The highest BCUT2D eigenvalue weighted by Gasteiger charge is 2.65. The van der Waals surface area contributed by atoms with Gasteiger partial charge in [-0.25, -0.2) is 4.39 Å². The number of phenols is 1. The number of fused-ring (bicyclic) bond motifs is 5. The van der Waals surface area contributed by atoms with E-state index in [9.17, 15) is 29.3 Å². The summed E-state index contributed by atoms with van der Waals surface area (Å²) in [5.74, 6) is -3.62. The molecular formula is C37H36FN3O8. The van der Waals surface area contributed by atoms with Gasteiger partial charge in [-0.1, -0.05) is 42.5 Å². The van der Waals surface area contributed by atoms with Crippen molar-refractivity contribution in [3.63, 3.8) is 0 Å². The van der Waals surface area contributed by atoms with Gasteiger partial charge in [-0.05, 0) is 55.2 Å². The zero-order valence-corrected chi connectivity index (χ0v) is 27.3. The van der Waals surface area contributed by atoms with Crippen LogP contribution in [0.2, 0.25) is 0 Å². The Morgan fingerprint density at radius 3 is 2.49 bits per heavy atom. The first-order chi connectivity index (χ1) is 23.5. The largest absolute Gasteiger partial charge is 0.507 e. The van der Waals surface area contributed by atoms with Crippen molar-refractivity contribution in [2.24, 2.45) is 11.8 Å². The van der Waals surface area contributed by atoms with Crippen molar-refractivity contribution in [3.05, 3.63) is 87.7 Å². The van der Waals surface area contributed by atoms with Crippen LogP contribution in [0.5, 0.6) is 17.4 Å². The van der Waals surface area contributed by atoms with Gasteiger partial charge in [0.2, 0.25) is 11.6 Å². The molecule has 2 heterocycles. The molecule has 4 atom stereocenters. The zero-order valence-electron chi connectivity index (χ0n) is 27.3. The number of benzene rings is 3. The van der Waals surface area contributed by atoms with Crippen LogP contribution in [0.4, 0.5) is 4.39 Å². The Balaban J connectivity index is 1.22. The number of likely N-dealkylation sites (tertiary alicyclic amines) is 1. The number of aliphatic hydroxyl groups is 2. The number of ketones is 2. The number of ether oxygens (including phenoxy) is 2. The summed E-state index contributed by atoms with van der Waals surface area (Å²) in [5.41, 5.74) is -0.591. The second kappa shape index (κ2) is 11.4. The van der Waals surface area contributed by atoms with Crippen LogP contribution in [0.15, 0.2) is 58.6 Å². The summed E-state index contributed by atoms with van der Waals surface area (Å²) in [6.45, 7) is 1.23. The molecule has 49 heavy (non-hydrogen) atoms. The topological polar surface area (TPSA) is 146 Å². The number of alkyl halides is 1. The third kappa shape index (κ3) is 4.61. The average Bonchev–Trinajstić information content (AvgIpc) is 3.49. The molecule has 0 radical (unpaired) electrons. The third-order valence-electron chi connectivity index (χ3n) is 10.6. The zero-order chi connectivity index (χ0) is 34.4. The molecule has 1 aliphatic heterocycles. The highest BCUT2D eigenvalue weighted by molar-refractivity contribution is 6.26. The van der Waals surface area contributed by atoms with Crippen LogP contribution in [0.3, 0.4) is 0 Å². The molecule has 3 N–H and O–H groups in total. The number of hydrogen-bond acceptors (Lipinski definition) is 11. The summed E-state index contributed by atoms with van der Waals surface area (Å²) < 4.78 is 30.9. The van der Waals surface area contributed by atoms with Crippen molar-refractivity contribution in [1.82, 2.24) is 15.0 Å². The van der Waals surface area contributed by atoms with Gasteiger partial charge in [0.15, 0.2) is 11.4 Å². The average molecular weight is 670 g/mol. The van der Waals surface area contributed by atoms with Gasteiger partial charge in [-0.2, -0.15) is 0 Å². The number of aromatic hydroxyl groups is 1. The van der Waals surface area contributed by atoms with Crippen LogP contribution >= 0.6 is 0 Å². The number of phenolic OH excluding ortho intramolecular Hbond substituents is 1. The van der Waals surface area contributed by atoms with E-state index in [1.165, 1.54) is 7.11 Å². The highest BCUT2D eigenvalue weighted by Crippen LogP contribution is 2.57. The maximum absolute atomic E-state index is 14.6. The molecule has 0 spiro atoms. The SMILES string of the molecule is COc1c2c(c(O)c3cc(CN4CC(F)C4)ccc13)C(O)=C1C(=O)[C@]3(O)C(=O)c4c(OCc5ccccc5)noc4[C@@H](N(C)C)[C@@H]3C[C@@H]1C2. The van der Waals surface area contributed by atoms with Crippen molar-refractivity contribution in [3.8, 4) is 17.4 Å². The lowest BCUT2D eigenvalue weighted by atomic mass is 9.57. The van der Waals surface area contributed by atoms with Gasteiger partial charge in [-0.3, -0.25) is 19.4 Å². The molecule has 0 bridgehead atoms. The second-order valence-corrected chi connectivity index (χ2v) is 13.7. The number of nitrogens with zero attached hydrogens (tertiary/aromatic N) is 3. The first-order valence-electron chi connectivity index (χ1n) is 16.3. The van der Waals surface area contributed by atoms with Crippen LogP contribution in [0, 0.1) is 11.8 Å². The summed E-state index contributed by atoms with van der Waals surface area (Å²) in [7, 11) is 5.04. The number of carbonyl (C=O) groups is 2. The Labute approximate surface area is 281 Å². The van der Waals surface area contributed by atoms with Gasteiger partial charge in [0.05, 0.1) is 18.7 Å². The lowest BCUT2D eigenvalue weighted by Gasteiger charge is -2.49. The molecule has 254 valence electrons. The molecule has 1 saturated carbocycles. The third-order valence-corrected chi connectivity index (χ3v) is 10.6. The minimum Gasteiger partial charge on any atom is -0.507 e. The smallest absolute Gasteiger partial charge is 0.265 e. The van der Waals surface area contributed by atoms with Crippen molar-refractivity contribution in [2.75, 3.05) is 34.3 Å². The summed E-state index contributed by atoms with van der Waals surface area (Å²) in [5, 5.41) is 40.9. The van der Waals surface area contributed by atoms with Gasteiger partial charge < -0.3 is 29.3 Å². The van der Waals surface area contributed by atoms with E-state index in [2.05, 4.69) is 5.16 Å². The van der Waals surface area contributed by atoms with E-state index in [0.29, 0.717) is 41.7 Å². The predicted molar refractivity (Wildman–Crippen MR) is 175 cm³/mol. The molecule has 1 aromatic heterocycles.